The van der Waals surface area contributed by atoms with Gasteiger partial charge in [-0.3, -0.25) is 0 Å². The summed E-state index contributed by atoms with van der Waals surface area (Å²) in [5.41, 5.74) is 2.34. The van der Waals surface area contributed by atoms with E-state index >= 15 is 0 Å². The number of methoxy groups -OCH3 is 3. The molecule has 1 aromatic rings. The molecule has 0 amide bonds. The van der Waals surface area contributed by atoms with Crippen LogP contribution in [0.5, 0.6) is 11.5 Å². The maximum absolute atomic E-state index is 5.55. The third-order valence-corrected chi connectivity index (χ3v) is 3.38. The van der Waals surface area contributed by atoms with Crippen molar-refractivity contribution in [2.75, 3.05) is 27.9 Å². The molecule has 2 rings (SSSR count). The van der Waals surface area contributed by atoms with Crippen LogP contribution in [0.25, 0.3) is 0 Å². The summed E-state index contributed by atoms with van der Waals surface area (Å²) in [6, 6.07) is 4.33. The minimum absolute atomic E-state index is 0.334. The van der Waals surface area contributed by atoms with Crippen molar-refractivity contribution in [3.63, 3.8) is 0 Å². The van der Waals surface area contributed by atoms with Crippen molar-refractivity contribution in [3.05, 3.63) is 23.3 Å². The third-order valence-electron chi connectivity index (χ3n) is 3.38. The number of rotatable bonds is 5. The lowest BCUT2D eigenvalue weighted by molar-refractivity contribution is 0.183. The predicted molar refractivity (Wildman–Crippen MR) is 70.2 cm³/mol. The van der Waals surface area contributed by atoms with Gasteiger partial charge in [0.15, 0.2) is 11.5 Å². The molecule has 18 heavy (non-hydrogen) atoms. The molecule has 1 saturated heterocycles. The molecule has 0 saturated carbocycles. The summed E-state index contributed by atoms with van der Waals surface area (Å²) in [6.45, 7) is 1.64. The second-order valence-electron chi connectivity index (χ2n) is 4.46. The first-order chi connectivity index (χ1) is 8.81. The van der Waals surface area contributed by atoms with Crippen LogP contribution in [-0.2, 0) is 11.3 Å². The van der Waals surface area contributed by atoms with Gasteiger partial charge in [-0.05, 0) is 31.0 Å². The van der Waals surface area contributed by atoms with Gasteiger partial charge in [-0.2, -0.15) is 0 Å². The van der Waals surface area contributed by atoms with E-state index in [1.165, 1.54) is 12.0 Å². The first kappa shape index (κ1) is 13.2. The molecular weight excluding hydrogens is 230 g/mol. The Labute approximate surface area is 108 Å². The van der Waals surface area contributed by atoms with Crippen LogP contribution in [-0.4, -0.2) is 27.9 Å². The van der Waals surface area contributed by atoms with E-state index in [4.69, 9.17) is 14.2 Å². The van der Waals surface area contributed by atoms with Crippen LogP contribution in [0, 0.1) is 0 Å². The Morgan fingerprint density at radius 2 is 2.06 bits per heavy atom. The molecule has 1 unspecified atom stereocenters. The largest absolute Gasteiger partial charge is 0.493 e. The Bertz CT molecular complexity index is 400. The molecule has 1 heterocycles. The summed E-state index contributed by atoms with van der Waals surface area (Å²) in [4.78, 5) is 0. The molecule has 0 aromatic heterocycles. The van der Waals surface area contributed by atoms with Gasteiger partial charge in [0.05, 0.1) is 20.8 Å². The monoisotopic (exact) mass is 251 g/mol. The van der Waals surface area contributed by atoms with Crippen LogP contribution in [0.15, 0.2) is 12.1 Å². The minimum Gasteiger partial charge on any atom is -0.493 e. The van der Waals surface area contributed by atoms with Gasteiger partial charge in [0.2, 0.25) is 0 Å². The molecule has 0 aliphatic carbocycles. The highest BCUT2D eigenvalue weighted by molar-refractivity contribution is 5.52. The average molecular weight is 251 g/mol. The van der Waals surface area contributed by atoms with Gasteiger partial charge in [-0.15, -0.1) is 0 Å². The van der Waals surface area contributed by atoms with Crippen molar-refractivity contribution in [2.24, 2.45) is 0 Å². The summed E-state index contributed by atoms with van der Waals surface area (Å²) < 4.78 is 16.2. The van der Waals surface area contributed by atoms with E-state index in [0.29, 0.717) is 12.6 Å². The van der Waals surface area contributed by atoms with E-state index in [1.807, 2.05) is 6.07 Å². The number of hydrogen-bond donors (Lipinski definition) is 1. The summed E-state index contributed by atoms with van der Waals surface area (Å²) in [7, 11) is 5.06. The molecule has 1 aliphatic rings. The van der Waals surface area contributed by atoms with Gasteiger partial charge in [-0.25, -0.2) is 0 Å². The Morgan fingerprint density at radius 3 is 2.61 bits per heavy atom. The van der Waals surface area contributed by atoms with Crippen molar-refractivity contribution < 1.29 is 14.2 Å². The molecular formula is C14H21NO3. The van der Waals surface area contributed by atoms with E-state index in [0.717, 1.165) is 30.0 Å². The molecule has 1 N–H and O–H groups in total. The highest BCUT2D eigenvalue weighted by Gasteiger charge is 2.25. The van der Waals surface area contributed by atoms with E-state index in [-0.39, 0.29) is 0 Å². The normalized spacial score (nSPS) is 18.9. The van der Waals surface area contributed by atoms with Crippen LogP contribution < -0.4 is 14.8 Å². The van der Waals surface area contributed by atoms with Gasteiger partial charge in [0.1, 0.15) is 0 Å². The van der Waals surface area contributed by atoms with Crippen LogP contribution in [0.3, 0.4) is 0 Å². The number of nitrogens with one attached hydrogen (secondary N) is 1. The molecule has 1 fully saturated rings. The fourth-order valence-corrected chi connectivity index (χ4v) is 2.59. The Morgan fingerprint density at radius 1 is 1.22 bits per heavy atom. The van der Waals surface area contributed by atoms with Crippen molar-refractivity contribution >= 4 is 0 Å². The van der Waals surface area contributed by atoms with Gasteiger partial charge in [0, 0.05) is 18.7 Å². The molecule has 0 spiro atoms. The second kappa shape index (κ2) is 6.07. The molecule has 0 bridgehead atoms. The fraction of sp³-hybridized carbons (Fsp3) is 0.571. The maximum atomic E-state index is 5.55. The predicted octanol–water partition coefficient (Wildman–Crippen LogP) is 2.27. The van der Waals surface area contributed by atoms with E-state index < -0.39 is 0 Å². The summed E-state index contributed by atoms with van der Waals surface area (Å²) in [6.07, 6.45) is 2.32. The summed E-state index contributed by atoms with van der Waals surface area (Å²) in [5.74, 6) is 1.60. The zero-order valence-corrected chi connectivity index (χ0v) is 11.3. The van der Waals surface area contributed by atoms with Crippen LogP contribution in [0.2, 0.25) is 0 Å². The Hall–Kier alpha value is -1.26. The van der Waals surface area contributed by atoms with Crippen molar-refractivity contribution in [1.29, 1.82) is 0 Å². The van der Waals surface area contributed by atoms with Crippen molar-refractivity contribution in [1.82, 2.24) is 5.32 Å². The van der Waals surface area contributed by atoms with Gasteiger partial charge >= 0.3 is 0 Å². The molecule has 1 aliphatic heterocycles. The van der Waals surface area contributed by atoms with Crippen molar-refractivity contribution in [2.45, 2.75) is 25.5 Å². The zero-order valence-electron chi connectivity index (χ0n) is 11.3. The highest BCUT2D eigenvalue weighted by Crippen LogP contribution is 2.40. The second-order valence-corrected chi connectivity index (χ2v) is 4.46. The SMILES string of the molecule is COCc1ccc(OC)c(OC)c1C1CCCN1. The summed E-state index contributed by atoms with van der Waals surface area (Å²) >= 11 is 0. The average Bonchev–Trinajstić information content (AvgIpc) is 2.92. The first-order valence-electron chi connectivity index (χ1n) is 6.28. The summed E-state index contributed by atoms with van der Waals surface area (Å²) in [5, 5.41) is 3.51. The smallest absolute Gasteiger partial charge is 0.165 e. The number of benzene rings is 1. The number of ether oxygens (including phenoxy) is 3. The minimum atomic E-state index is 0.334. The number of hydrogen-bond acceptors (Lipinski definition) is 4. The van der Waals surface area contributed by atoms with E-state index in [9.17, 15) is 0 Å². The molecule has 0 radical (unpaired) electrons. The highest BCUT2D eigenvalue weighted by atomic mass is 16.5. The Balaban J connectivity index is 2.47. The van der Waals surface area contributed by atoms with E-state index in [1.54, 1.807) is 21.3 Å². The topological polar surface area (TPSA) is 39.7 Å². The van der Waals surface area contributed by atoms with Crippen molar-refractivity contribution in [3.8, 4) is 11.5 Å². The Kier molecular flexibility index (Phi) is 4.44. The lowest BCUT2D eigenvalue weighted by Crippen LogP contribution is -2.16. The van der Waals surface area contributed by atoms with Crippen LogP contribution in [0.4, 0.5) is 0 Å². The third kappa shape index (κ3) is 2.44. The van der Waals surface area contributed by atoms with Crippen LogP contribution in [0.1, 0.15) is 30.0 Å². The maximum Gasteiger partial charge on any atom is 0.165 e. The molecule has 1 atom stereocenters. The lowest BCUT2D eigenvalue weighted by atomic mass is 9.97. The molecule has 1 aromatic carbocycles. The van der Waals surface area contributed by atoms with E-state index in [2.05, 4.69) is 11.4 Å². The van der Waals surface area contributed by atoms with Crippen LogP contribution >= 0.6 is 0 Å². The molecule has 100 valence electrons. The standard InChI is InChI=1S/C14H21NO3/c1-16-9-10-6-7-12(17-2)14(18-3)13(10)11-5-4-8-15-11/h6-7,11,15H,4-5,8-9H2,1-3H3. The first-order valence-corrected chi connectivity index (χ1v) is 6.28. The quantitative estimate of drug-likeness (QED) is 0.871. The fourth-order valence-electron chi connectivity index (χ4n) is 2.59. The molecule has 4 nitrogen and oxygen atoms in total. The van der Waals surface area contributed by atoms with Gasteiger partial charge in [-0.1, -0.05) is 6.07 Å². The van der Waals surface area contributed by atoms with Gasteiger partial charge < -0.3 is 19.5 Å². The molecule has 4 heteroatoms. The lowest BCUT2D eigenvalue weighted by Gasteiger charge is -2.21. The zero-order chi connectivity index (χ0) is 13.0. The van der Waals surface area contributed by atoms with Gasteiger partial charge in [0.25, 0.3) is 0 Å².